The van der Waals surface area contributed by atoms with Crippen LogP contribution in [0.2, 0.25) is 0 Å². The molecule has 0 saturated carbocycles. The summed E-state index contributed by atoms with van der Waals surface area (Å²) in [7, 11) is 0. The van der Waals surface area contributed by atoms with Crippen LogP contribution in [0.5, 0.6) is 0 Å². The van der Waals surface area contributed by atoms with Gasteiger partial charge in [0.05, 0.1) is 9.40 Å². The fourth-order valence-corrected chi connectivity index (χ4v) is 1.83. The highest BCUT2D eigenvalue weighted by Gasteiger charge is 2.21. The van der Waals surface area contributed by atoms with E-state index in [4.69, 9.17) is 0 Å². The number of carbonyl (C=O) groups excluding carboxylic acids is 1. The van der Waals surface area contributed by atoms with Gasteiger partial charge in [-0.15, -0.1) is 0 Å². The van der Waals surface area contributed by atoms with Crippen LogP contribution in [0.15, 0.2) is 16.6 Å². The van der Waals surface area contributed by atoms with Crippen LogP contribution in [0.25, 0.3) is 0 Å². The summed E-state index contributed by atoms with van der Waals surface area (Å²) in [5.41, 5.74) is -0.330. The Morgan fingerprint density at radius 3 is 2.75 bits per heavy atom. The first-order chi connectivity index (χ1) is 9.36. The summed E-state index contributed by atoms with van der Waals surface area (Å²) in [5, 5.41) is 16.2. The second-order valence-corrected chi connectivity index (χ2v) is 5.05. The van der Waals surface area contributed by atoms with Gasteiger partial charge in [0.2, 0.25) is 5.91 Å². The number of halogens is 2. The van der Waals surface area contributed by atoms with Crippen molar-refractivity contribution in [1.82, 2.24) is 5.32 Å². The van der Waals surface area contributed by atoms with Crippen molar-refractivity contribution in [2.45, 2.75) is 26.3 Å². The maximum absolute atomic E-state index is 13.5. The lowest BCUT2D eigenvalue weighted by molar-refractivity contribution is -0.384. The standard InChI is InChI=1S/C12H15BrFN3O3/c1-3-4-15-12(18)7(2)16-10-6-9(14)8(13)5-11(10)17(19)20/h5-7,16H,3-4H2,1-2H3,(H,15,18). The van der Waals surface area contributed by atoms with Gasteiger partial charge >= 0.3 is 0 Å². The Hall–Kier alpha value is -1.70. The minimum atomic E-state index is -0.708. The van der Waals surface area contributed by atoms with Crippen molar-refractivity contribution in [3.05, 3.63) is 32.5 Å². The van der Waals surface area contributed by atoms with E-state index in [1.807, 2.05) is 6.92 Å². The van der Waals surface area contributed by atoms with Gasteiger partial charge in [0.25, 0.3) is 5.69 Å². The number of hydrogen-bond acceptors (Lipinski definition) is 4. The van der Waals surface area contributed by atoms with E-state index in [1.165, 1.54) is 0 Å². The number of hydrogen-bond donors (Lipinski definition) is 2. The van der Waals surface area contributed by atoms with Crippen molar-refractivity contribution in [2.24, 2.45) is 0 Å². The molecular weight excluding hydrogens is 333 g/mol. The summed E-state index contributed by atoms with van der Waals surface area (Å²) in [6, 6.07) is 1.35. The van der Waals surface area contributed by atoms with E-state index in [0.29, 0.717) is 6.54 Å². The Morgan fingerprint density at radius 1 is 1.55 bits per heavy atom. The molecule has 0 spiro atoms. The van der Waals surface area contributed by atoms with Gasteiger partial charge < -0.3 is 10.6 Å². The number of nitrogens with one attached hydrogen (secondary N) is 2. The van der Waals surface area contributed by atoms with Crippen LogP contribution in [-0.4, -0.2) is 23.4 Å². The zero-order valence-electron chi connectivity index (χ0n) is 11.1. The van der Waals surface area contributed by atoms with Gasteiger partial charge in [0.15, 0.2) is 0 Å². The molecule has 0 bridgehead atoms. The number of nitro groups is 1. The lowest BCUT2D eigenvalue weighted by atomic mass is 10.2. The number of nitrogens with zero attached hydrogens (tertiary/aromatic N) is 1. The van der Waals surface area contributed by atoms with Gasteiger partial charge in [-0.1, -0.05) is 6.92 Å². The first-order valence-electron chi connectivity index (χ1n) is 6.04. The summed E-state index contributed by atoms with van der Waals surface area (Å²) in [6.07, 6.45) is 0.783. The van der Waals surface area contributed by atoms with Crippen molar-refractivity contribution >= 4 is 33.2 Å². The Labute approximate surface area is 124 Å². The first-order valence-corrected chi connectivity index (χ1v) is 6.83. The minimum Gasteiger partial charge on any atom is -0.368 e. The van der Waals surface area contributed by atoms with Crippen molar-refractivity contribution in [3.8, 4) is 0 Å². The van der Waals surface area contributed by atoms with Crippen LogP contribution in [0.1, 0.15) is 20.3 Å². The maximum atomic E-state index is 13.5. The molecule has 1 aromatic rings. The van der Waals surface area contributed by atoms with Crippen LogP contribution >= 0.6 is 15.9 Å². The molecule has 0 aliphatic heterocycles. The SMILES string of the molecule is CCCNC(=O)C(C)Nc1cc(F)c(Br)cc1[N+](=O)[O-]. The number of benzene rings is 1. The average Bonchev–Trinajstić information content (AvgIpc) is 2.39. The molecule has 2 N–H and O–H groups in total. The van der Waals surface area contributed by atoms with Crippen LogP contribution in [-0.2, 0) is 4.79 Å². The third-order valence-electron chi connectivity index (χ3n) is 2.55. The van der Waals surface area contributed by atoms with Crippen LogP contribution in [0, 0.1) is 15.9 Å². The summed E-state index contributed by atoms with van der Waals surface area (Å²) in [5.74, 6) is -0.941. The molecule has 0 aliphatic rings. The molecule has 1 aromatic carbocycles. The second-order valence-electron chi connectivity index (χ2n) is 4.20. The van der Waals surface area contributed by atoms with Gasteiger partial charge in [0, 0.05) is 18.7 Å². The normalized spacial score (nSPS) is 11.8. The van der Waals surface area contributed by atoms with Crippen molar-refractivity contribution < 1.29 is 14.1 Å². The van der Waals surface area contributed by atoms with Crippen molar-refractivity contribution in [2.75, 3.05) is 11.9 Å². The molecule has 1 rings (SSSR count). The molecule has 0 fully saturated rings. The molecule has 0 aliphatic carbocycles. The molecule has 6 nitrogen and oxygen atoms in total. The van der Waals surface area contributed by atoms with E-state index >= 15 is 0 Å². The fraction of sp³-hybridized carbons (Fsp3) is 0.417. The molecule has 1 amide bonds. The lowest BCUT2D eigenvalue weighted by Gasteiger charge is -2.15. The lowest BCUT2D eigenvalue weighted by Crippen LogP contribution is -2.38. The predicted octanol–water partition coefficient (Wildman–Crippen LogP) is 2.82. The molecule has 8 heteroatoms. The third-order valence-corrected chi connectivity index (χ3v) is 3.16. The summed E-state index contributed by atoms with van der Waals surface area (Å²) >= 11 is 2.89. The van der Waals surface area contributed by atoms with Gasteiger partial charge in [0.1, 0.15) is 17.5 Å². The number of amides is 1. The Morgan fingerprint density at radius 2 is 2.20 bits per heavy atom. The fourth-order valence-electron chi connectivity index (χ4n) is 1.50. The zero-order chi connectivity index (χ0) is 15.3. The van der Waals surface area contributed by atoms with Crippen LogP contribution in [0.3, 0.4) is 0 Å². The van der Waals surface area contributed by atoms with E-state index in [9.17, 15) is 19.3 Å². The van der Waals surface area contributed by atoms with E-state index < -0.39 is 16.8 Å². The van der Waals surface area contributed by atoms with Gasteiger partial charge in [-0.3, -0.25) is 14.9 Å². The molecule has 1 unspecified atom stereocenters. The minimum absolute atomic E-state index is 0.00200. The maximum Gasteiger partial charge on any atom is 0.293 e. The number of rotatable bonds is 6. The van der Waals surface area contributed by atoms with Crippen molar-refractivity contribution in [3.63, 3.8) is 0 Å². The average molecular weight is 348 g/mol. The van der Waals surface area contributed by atoms with Crippen LogP contribution < -0.4 is 10.6 Å². The number of carbonyl (C=O) groups is 1. The predicted molar refractivity (Wildman–Crippen MR) is 77.1 cm³/mol. The Bertz CT molecular complexity index is 525. The smallest absolute Gasteiger partial charge is 0.293 e. The Balaban J connectivity index is 2.93. The van der Waals surface area contributed by atoms with E-state index in [2.05, 4.69) is 26.6 Å². The third kappa shape index (κ3) is 4.16. The zero-order valence-corrected chi connectivity index (χ0v) is 12.7. The quantitative estimate of drug-likeness (QED) is 0.612. The highest BCUT2D eigenvalue weighted by atomic mass is 79.9. The van der Waals surface area contributed by atoms with Gasteiger partial charge in [-0.25, -0.2) is 4.39 Å². The molecular formula is C12H15BrFN3O3. The Kier molecular flexibility index (Phi) is 5.87. The number of anilines is 1. The van der Waals surface area contributed by atoms with E-state index in [0.717, 1.165) is 18.6 Å². The topological polar surface area (TPSA) is 84.3 Å². The largest absolute Gasteiger partial charge is 0.368 e. The molecule has 1 atom stereocenters. The second kappa shape index (κ2) is 7.18. The highest BCUT2D eigenvalue weighted by molar-refractivity contribution is 9.10. The van der Waals surface area contributed by atoms with Gasteiger partial charge in [-0.05, 0) is 29.3 Å². The molecule has 0 radical (unpaired) electrons. The molecule has 0 saturated heterocycles. The summed E-state index contributed by atoms with van der Waals surface area (Å²) in [4.78, 5) is 22.0. The molecule has 110 valence electrons. The molecule has 0 heterocycles. The molecule has 0 aromatic heterocycles. The van der Waals surface area contributed by atoms with E-state index in [1.54, 1.807) is 6.92 Å². The van der Waals surface area contributed by atoms with Gasteiger partial charge in [-0.2, -0.15) is 0 Å². The van der Waals surface area contributed by atoms with E-state index in [-0.39, 0.29) is 21.8 Å². The molecule has 20 heavy (non-hydrogen) atoms. The van der Waals surface area contributed by atoms with Crippen LogP contribution in [0.4, 0.5) is 15.8 Å². The summed E-state index contributed by atoms with van der Waals surface area (Å²) in [6.45, 7) is 3.98. The monoisotopic (exact) mass is 347 g/mol. The number of nitro benzene ring substituents is 1. The highest BCUT2D eigenvalue weighted by Crippen LogP contribution is 2.30. The first kappa shape index (κ1) is 16.4. The summed E-state index contributed by atoms with van der Waals surface area (Å²) < 4.78 is 13.5. The van der Waals surface area contributed by atoms with Crippen molar-refractivity contribution in [1.29, 1.82) is 0 Å².